The minimum absolute atomic E-state index is 0.158. The van der Waals surface area contributed by atoms with Crippen molar-refractivity contribution in [2.24, 2.45) is 7.05 Å². The summed E-state index contributed by atoms with van der Waals surface area (Å²) in [5.74, 6) is 1.06. The zero-order valence-corrected chi connectivity index (χ0v) is 12.8. The van der Waals surface area contributed by atoms with Crippen LogP contribution in [0.1, 0.15) is 35.0 Å². The van der Waals surface area contributed by atoms with E-state index in [0.29, 0.717) is 5.76 Å². The first-order valence-electron chi connectivity index (χ1n) is 6.98. The highest BCUT2D eigenvalue weighted by Gasteiger charge is 2.20. The number of carbonyl (C=O) groups excluding carboxylic acids is 1. The Kier molecular flexibility index (Phi) is 5.11. The predicted molar refractivity (Wildman–Crippen MR) is 79.6 cm³/mol. The molecule has 1 atom stereocenters. The summed E-state index contributed by atoms with van der Waals surface area (Å²) < 4.78 is 11.9. The first kappa shape index (κ1) is 16.0. The third-order valence-electron chi connectivity index (χ3n) is 3.21. The lowest BCUT2D eigenvalue weighted by molar-refractivity contribution is 0.0875. The van der Waals surface area contributed by atoms with Crippen LogP contribution in [0.25, 0.3) is 0 Å². The Bertz CT molecular complexity index is 705. The molecule has 0 spiro atoms. The summed E-state index contributed by atoms with van der Waals surface area (Å²) in [5.41, 5.74) is -0.117. The number of hydrogen-bond acceptors (Lipinski definition) is 5. The second kappa shape index (κ2) is 7.04. The molecular formula is C15H19N3O4. The zero-order chi connectivity index (χ0) is 16.1. The third-order valence-corrected chi connectivity index (χ3v) is 3.21. The molecule has 0 aromatic carbocycles. The van der Waals surface area contributed by atoms with Crippen molar-refractivity contribution >= 4 is 5.91 Å². The Balaban J connectivity index is 2.17. The van der Waals surface area contributed by atoms with Gasteiger partial charge in [-0.1, -0.05) is 6.92 Å². The van der Waals surface area contributed by atoms with E-state index in [4.69, 9.17) is 9.15 Å². The monoisotopic (exact) mass is 305 g/mol. The van der Waals surface area contributed by atoms with Crippen molar-refractivity contribution in [1.29, 1.82) is 0 Å². The smallest absolute Gasteiger partial charge is 0.272 e. The third kappa shape index (κ3) is 3.62. The van der Waals surface area contributed by atoms with Gasteiger partial charge in [-0.3, -0.25) is 9.59 Å². The molecule has 0 aliphatic carbocycles. The van der Waals surface area contributed by atoms with E-state index < -0.39 is 11.9 Å². The molecular weight excluding hydrogens is 286 g/mol. The standard InChI is InChI=1S/C15H19N3O4/c1-4-10-5-7-13(22-10)12(9-21-3)16-15(20)11-6-8-14(19)18(2)17-11/h5-8,12H,4,9H2,1-3H3,(H,16,20)/t12-/m1/s1. The molecule has 22 heavy (non-hydrogen) atoms. The number of hydrogen-bond donors (Lipinski definition) is 1. The SMILES string of the molecule is CCc1ccc([C@@H](COC)NC(=O)c2ccc(=O)n(C)n2)o1. The van der Waals surface area contributed by atoms with Crippen molar-refractivity contribution in [3.05, 3.63) is 51.8 Å². The summed E-state index contributed by atoms with van der Waals surface area (Å²) in [5, 5.41) is 6.72. The van der Waals surface area contributed by atoms with Crippen LogP contribution in [0.4, 0.5) is 0 Å². The van der Waals surface area contributed by atoms with Crippen LogP contribution < -0.4 is 10.9 Å². The quantitative estimate of drug-likeness (QED) is 0.862. The normalized spacial score (nSPS) is 12.1. The van der Waals surface area contributed by atoms with E-state index in [2.05, 4.69) is 10.4 Å². The minimum Gasteiger partial charge on any atom is -0.464 e. The van der Waals surface area contributed by atoms with Crippen LogP contribution in [0.2, 0.25) is 0 Å². The molecule has 7 nitrogen and oxygen atoms in total. The molecule has 118 valence electrons. The van der Waals surface area contributed by atoms with Crippen LogP contribution in [-0.4, -0.2) is 29.4 Å². The molecule has 7 heteroatoms. The highest BCUT2D eigenvalue weighted by molar-refractivity contribution is 5.92. The largest absolute Gasteiger partial charge is 0.464 e. The molecule has 2 rings (SSSR count). The zero-order valence-electron chi connectivity index (χ0n) is 12.8. The van der Waals surface area contributed by atoms with Crippen molar-refractivity contribution in [3.63, 3.8) is 0 Å². The average Bonchev–Trinajstić information content (AvgIpc) is 2.98. The number of methoxy groups -OCH3 is 1. The minimum atomic E-state index is -0.420. The predicted octanol–water partition coefficient (Wildman–Crippen LogP) is 1.05. The number of nitrogens with zero attached hydrogens (tertiary/aromatic N) is 2. The Morgan fingerprint density at radius 1 is 1.41 bits per heavy atom. The number of ether oxygens (including phenoxy) is 1. The fourth-order valence-electron chi connectivity index (χ4n) is 1.99. The van der Waals surface area contributed by atoms with Gasteiger partial charge in [0.1, 0.15) is 23.3 Å². The molecule has 0 unspecified atom stereocenters. The van der Waals surface area contributed by atoms with Crippen molar-refractivity contribution in [2.75, 3.05) is 13.7 Å². The molecule has 0 radical (unpaired) electrons. The Morgan fingerprint density at radius 3 is 2.77 bits per heavy atom. The van der Waals surface area contributed by atoms with Crippen LogP contribution in [0.5, 0.6) is 0 Å². The number of carbonyl (C=O) groups is 1. The summed E-state index contributed by atoms with van der Waals surface area (Å²) in [6.07, 6.45) is 0.774. The number of amides is 1. The van der Waals surface area contributed by atoms with Crippen LogP contribution in [0.15, 0.2) is 33.5 Å². The average molecular weight is 305 g/mol. The molecule has 0 aliphatic rings. The number of aromatic nitrogens is 2. The van der Waals surface area contributed by atoms with Gasteiger partial charge < -0.3 is 14.5 Å². The Morgan fingerprint density at radius 2 is 2.18 bits per heavy atom. The second-order valence-corrected chi connectivity index (χ2v) is 4.82. The number of aryl methyl sites for hydroxylation is 2. The van der Waals surface area contributed by atoms with E-state index in [0.717, 1.165) is 16.9 Å². The van der Waals surface area contributed by atoms with Crippen LogP contribution in [-0.2, 0) is 18.2 Å². The van der Waals surface area contributed by atoms with Crippen molar-refractivity contribution in [1.82, 2.24) is 15.1 Å². The number of rotatable bonds is 6. The molecule has 2 aromatic rings. The fraction of sp³-hybridized carbons (Fsp3) is 0.400. The van der Waals surface area contributed by atoms with Gasteiger partial charge in [0.15, 0.2) is 0 Å². The van der Waals surface area contributed by atoms with Gasteiger partial charge in [0.2, 0.25) is 0 Å². The molecule has 0 saturated heterocycles. The van der Waals surface area contributed by atoms with Crippen molar-refractivity contribution in [3.8, 4) is 0 Å². The lowest BCUT2D eigenvalue weighted by Crippen LogP contribution is -2.33. The van der Waals surface area contributed by atoms with Crippen LogP contribution in [0, 0.1) is 0 Å². The van der Waals surface area contributed by atoms with Crippen molar-refractivity contribution < 1.29 is 13.9 Å². The lowest BCUT2D eigenvalue weighted by Gasteiger charge is -2.15. The summed E-state index contributed by atoms with van der Waals surface area (Å²) in [6, 6.07) is 5.96. The molecule has 0 bridgehead atoms. The molecule has 1 N–H and O–H groups in total. The maximum atomic E-state index is 12.3. The maximum Gasteiger partial charge on any atom is 0.272 e. The number of furan rings is 1. The maximum absolute atomic E-state index is 12.3. The van der Waals surface area contributed by atoms with Gasteiger partial charge in [0.25, 0.3) is 11.5 Å². The van der Waals surface area contributed by atoms with E-state index in [9.17, 15) is 9.59 Å². The Hall–Kier alpha value is -2.41. The van der Waals surface area contributed by atoms with Gasteiger partial charge >= 0.3 is 0 Å². The topological polar surface area (TPSA) is 86.4 Å². The van der Waals surface area contributed by atoms with Gasteiger partial charge in [-0.05, 0) is 18.2 Å². The van der Waals surface area contributed by atoms with E-state index in [1.807, 2.05) is 19.1 Å². The van der Waals surface area contributed by atoms with E-state index in [1.54, 1.807) is 7.11 Å². The summed E-state index contributed by atoms with van der Waals surface area (Å²) in [6.45, 7) is 2.26. The highest BCUT2D eigenvalue weighted by Crippen LogP contribution is 2.18. The van der Waals surface area contributed by atoms with Gasteiger partial charge in [-0.15, -0.1) is 0 Å². The van der Waals surface area contributed by atoms with E-state index in [1.165, 1.54) is 19.2 Å². The molecule has 1 amide bonds. The van der Waals surface area contributed by atoms with E-state index in [-0.39, 0.29) is 17.9 Å². The van der Waals surface area contributed by atoms with Crippen LogP contribution >= 0.6 is 0 Å². The fourth-order valence-corrected chi connectivity index (χ4v) is 1.99. The van der Waals surface area contributed by atoms with Crippen LogP contribution in [0.3, 0.4) is 0 Å². The van der Waals surface area contributed by atoms with Crippen molar-refractivity contribution in [2.45, 2.75) is 19.4 Å². The molecule has 2 aromatic heterocycles. The summed E-state index contributed by atoms with van der Waals surface area (Å²) in [4.78, 5) is 23.6. The first-order valence-corrected chi connectivity index (χ1v) is 6.98. The Labute approximate surface area is 127 Å². The first-order chi connectivity index (χ1) is 10.5. The van der Waals surface area contributed by atoms with Gasteiger partial charge in [0, 0.05) is 26.6 Å². The number of nitrogens with one attached hydrogen (secondary N) is 1. The van der Waals surface area contributed by atoms with Gasteiger partial charge in [0.05, 0.1) is 6.61 Å². The summed E-state index contributed by atoms with van der Waals surface area (Å²) in [7, 11) is 3.04. The molecule has 0 saturated carbocycles. The molecule has 2 heterocycles. The highest BCUT2D eigenvalue weighted by atomic mass is 16.5. The van der Waals surface area contributed by atoms with E-state index >= 15 is 0 Å². The molecule has 0 fully saturated rings. The summed E-state index contributed by atoms with van der Waals surface area (Å²) >= 11 is 0. The lowest BCUT2D eigenvalue weighted by atomic mass is 10.2. The van der Waals surface area contributed by atoms with Gasteiger partial charge in [-0.25, -0.2) is 4.68 Å². The molecule has 0 aliphatic heterocycles. The van der Waals surface area contributed by atoms with Gasteiger partial charge in [-0.2, -0.15) is 5.10 Å². The second-order valence-electron chi connectivity index (χ2n) is 4.82.